The molecule has 1 N–H and O–H groups in total. The predicted octanol–water partition coefficient (Wildman–Crippen LogP) is 3.24. The molecule has 1 aromatic rings. The largest absolute Gasteiger partial charge is 0.449 e. The van der Waals surface area contributed by atoms with Gasteiger partial charge in [0, 0.05) is 6.04 Å². The zero-order valence-corrected chi connectivity index (χ0v) is 13.6. The Morgan fingerprint density at radius 3 is 2.59 bits per heavy atom. The van der Waals surface area contributed by atoms with E-state index in [1.165, 1.54) is 6.42 Å². The van der Waals surface area contributed by atoms with Gasteiger partial charge in [-0.2, -0.15) is 0 Å². The third-order valence-corrected chi connectivity index (χ3v) is 4.46. The van der Waals surface area contributed by atoms with Crippen molar-refractivity contribution >= 4 is 11.9 Å². The minimum Gasteiger partial charge on any atom is -0.449 e. The maximum absolute atomic E-state index is 12.2. The highest BCUT2D eigenvalue weighted by Gasteiger charge is 2.26. The van der Waals surface area contributed by atoms with Crippen molar-refractivity contribution in [3.05, 3.63) is 35.4 Å². The van der Waals surface area contributed by atoms with Crippen LogP contribution in [0.3, 0.4) is 0 Å². The van der Waals surface area contributed by atoms with Crippen molar-refractivity contribution in [1.82, 2.24) is 5.32 Å². The van der Waals surface area contributed by atoms with Crippen LogP contribution in [0.15, 0.2) is 24.3 Å². The molecule has 2 rings (SSSR count). The monoisotopic (exact) mass is 303 g/mol. The molecule has 120 valence electrons. The summed E-state index contributed by atoms with van der Waals surface area (Å²) in [6.07, 6.45) is 3.74. The van der Waals surface area contributed by atoms with Gasteiger partial charge in [-0.25, -0.2) is 4.79 Å². The van der Waals surface area contributed by atoms with Gasteiger partial charge in [0.1, 0.15) is 0 Å². The molecule has 1 aromatic carbocycles. The van der Waals surface area contributed by atoms with Crippen molar-refractivity contribution in [2.24, 2.45) is 5.92 Å². The van der Waals surface area contributed by atoms with E-state index in [1.54, 1.807) is 19.1 Å². The zero-order chi connectivity index (χ0) is 16.1. The highest BCUT2D eigenvalue weighted by molar-refractivity contribution is 5.93. The van der Waals surface area contributed by atoms with Gasteiger partial charge in [-0.1, -0.05) is 38.0 Å². The van der Waals surface area contributed by atoms with Crippen LogP contribution in [0.4, 0.5) is 0 Å². The lowest BCUT2D eigenvalue weighted by Gasteiger charge is -2.30. The van der Waals surface area contributed by atoms with Crippen LogP contribution in [0, 0.1) is 12.8 Å². The summed E-state index contributed by atoms with van der Waals surface area (Å²) in [5.74, 6) is -0.171. The summed E-state index contributed by atoms with van der Waals surface area (Å²) in [6.45, 7) is 5.64. The second-order valence-corrected chi connectivity index (χ2v) is 6.24. The van der Waals surface area contributed by atoms with Crippen LogP contribution in [-0.2, 0) is 9.53 Å². The molecule has 1 aliphatic carbocycles. The van der Waals surface area contributed by atoms with Crippen molar-refractivity contribution < 1.29 is 14.3 Å². The maximum Gasteiger partial charge on any atom is 0.339 e. The van der Waals surface area contributed by atoms with E-state index in [4.69, 9.17) is 4.74 Å². The molecule has 4 nitrogen and oxygen atoms in total. The molecule has 0 unspecified atom stereocenters. The lowest BCUT2D eigenvalue weighted by molar-refractivity contribution is -0.130. The minimum absolute atomic E-state index is 0.195. The van der Waals surface area contributed by atoms with Crippen molar-refractivity contribution in [1.29, 1.82) is 0 Å². The van der Waals surface area contributed by atoms with Crippen LogP contribution in [0.2, 0.25) is 0 Å². The van der Waals surface area contributed by atoms with Gasteiger partial charge in [0.15, 0.2) is 6.10 Å². The molecule has 0 heterocycles. The average molecular weight is 303 g/mol. The fraction of sp³-hybridized carbons (Fsp3) is 0.556. The minimum atomic E-state index is -0.777. The molecule has 1 saturated carbocycles. The lowest BCUT2D eigenvalue weighted by atomic mass is 9.86. The first-order valence-corrected chi connectivity index (χ1v) is 8.06. The molecule has 0 radical (unpaired) electrons. The normalized spacial score (nSPS) is 22.7. The molecular weight excluding hydrogens is 278 g/mol. The van der Waals surface area contributed by atoms with E-state index >= 15 is 0 Å². The van der Waals surface area contributed by atoms with E-state index in [9.17, 15) is 9.59 Å². The lowest BCUT2D eigenvalue weighted by Crippen LogP contribution is -2.46. The molecule has 1 amide bonds. The van der Waals surface area contributed by atoms with E-state index in [2.05, 4.69) is 12.2 Å². The fourth-order valence-corrected chi connectivity index (χ4v) is 2.91. The number of aryl methyl sites for hydroxylation is 1. The van der Waals surface area contributed by atoms with Crippen LogP contribution in [-0.4, -0.2) is 24.0 Å². The zero-order valence-electron chi connectivity index (χ0n) is 13.6. The Kier molecular flexibility index (Phi) is 5.58. The number of ether oxygens (including phenoxy) is 1. The Balaban J connectivity index is 1.91. The van der Waals surface area contributed by atoms with E-state index in [1.807, 2.05) is 19.1 Å². The summed E-state index contributed by atoms with van der Waals surface area (Å²) in [5, 5.41) is 3.02. The molecule has 3 atom stereocenters. The Hall–Kier alpha value is -1.84. The highest BCUT2D eigenvalue weighted by atomic mass is 16.5. The van der Waals surface area contributed by atoms with Crippen molar-refractivity contribution in [3.63, 3.8) is 0 Å². The number of rotatable bonds is 4. The molecule has 0 bridgehead atoms. The van der Waals surface area contributed by atoms with Gasteiger partial charge in [-0.3, -0.25) is 4.79 Å². The molecule has 1 aliphatic rings. The smallest absolute Gasteiger partial charge is 0.339 e. The summed E-state index contributed by atoms with van der Waals surface area (Å²) < 4.78 is 5.30. The molecule has 0 saturated heterocycles. The van der Waals surface area contributed by atoms with Gasteiger partial charge >= 0.3 is 5.97 Å². The number of benzene rings is 1. The fourth-order valence-electron chi connectivity index (χ4n) is 2.91. The number of amides is 1. The van der Waals surface area contributed by atoms with Gasteiger partial charge in [0.2, 0.25) is 0 Å². The number of nitrogens with one attached hydrogen (secondary N) is 1. The van der Waals surface area contributed by atoms with Gasteiger partial charge in [-0.05, 0) is 44.2 Å². The van der Waals surface area contributed by atoms with E-state index in [-0.39, 0.29) is 11.9 Å². The third kappa shape index (κ3) is 4.09. The Bertz CT molecular complexity index is 541. The van der Waals surface area contributed by atoms with Gasteiger partial charge in [-0.15, -0.1) is 0 Å². The van der Waals surface area contributed by atoms with Crippen LogP contribution in [0.1, 0.15) is 55.5 Å². The summed E-state index contributed by atoms with van der Waals surface area (Å²) >= 11 is 0. The van der Waals surface area contributed by atoms with Crippen LogP contribution >= 0.6 is 0 Å². The number of hydrogen-bond acceptors (Lipinski definition) is 3. The molecule has 1 fully saturated rings. The first-order valence-electron chi connectivity index (χ1n) is 8.06. The molecule has 4 heteroatoms. The number of esters is 1. The standard InChI is InChI=1S/C18H25NO3/c1-12-8-4-6-10-15(12)18(21)22-14(3)17(20)19-16-11-7-5-9-13(16)2/h4,6,8,10,13-14,16H,5,7,9,11H2,1-3H3,(H,19,20)/t13-,14+,16+/m0/s1. The van der Waals surface area contributed by atoms with Crippen molar-refractivity contribution in [2.45, 2.75) is 58.6 Å². The van der Waals surface area contributed by atoms with Crippen LogP contribution in [0.5, 0.6) is 0 Å². The summed E-state index contributed by atoms with van der Waals surface area (Å²) in [5.41, 5.74) is 1.36. The first kappa shape index (κ1) is 16.5. The van der Waals surface area contributed by atoms with Crippen LogP contribution in [0.25, 0.3) is 0 Å². The maximum atomic E-state index is 12.2. The first-order chi connectivity index (χ1) is 10.5. The quantitative estimate of drug-likeness (QED) is 0.869. The molecule has 0 aromatic heterocycles. The topological polar surface area (TPSA) is 55.4 Å². The van der Waals surface area contributed by atoms with Gasteiger partial charge in [0.05, 0.1) is 5.56 Å². The summed E-state index contributed by atoms with van der Waals surface area (Å²) in [7, 11) is 0. The second kappa shape index (κ2) is 7.43. The molecule has 22 heavy (non-hydrogen) atoms. The van der Waals surface area contributed by atoms with Crippen LogP contribution < -0.4 is 5.32 Å². The van der Waals surface area contributed by atoms with E-state index in [0.29, 0.717) is 11.5 Å². The number of carbonyl (C=O) groups is 2. The SMILES string of the molecule is Cc1ccccc1C(=O)O[C@H](C)C(=O)N[C@@H]1CCCC[C@@H]1C. The predicted molar refractivity (Wildman–Crippen MR) is 85.6 cm³/mol. The summed E-state index contributed by atoms with van der Waals surface area (Å²) in [4.78, 5) is 24.4. The second-order valence-electron chi connectivity index (χ2n) is 6.24. The van der Waals surface area contributed by atoms with Gasteiger partial charge in [0.25, 0.3) is 5.91 Å². The summed E-state index contributed by atoms with van der Waals surface area (Å²) in [6, 6.07) is 7.42. The molecular formula is C18H25NO3. The molecule has 0 spiro atoms. The van der Waals surface area contributed by atoms with Crippen molar-refractivity contribution in [2.75, 3.05) is 0 Å². The number of hydrogen-bond donors (Lipinski definition) is 1. The average Bonchev–Trinajstić information content (AvgIpc) is 2.49. The Morgan fingerprint density at radius 2 is 1.91 bits per heavy atom. The van der Waals surface area contributed by atoms with Crippen molar-refractivity contribution in [3.8, 4) is 0 Å². The Morgan fingerprint density at radius 1 is 1.23 bits per heavy atom. The van der Waals surface area contributed by atoms with Gasteiger partial charge < -0.3 is 10.1 Å². The van der Waals surface area contributed by atoms with E-state index in [0.717, 1.165) is 24.8 Å². The number of carbonyl (C=O) groups excluding carboxylic acids is 2. The third-order valence-electron chi connectivity index (χ3n) is 4.46. The molecule has 0 aliphatic heterocycles. The van der Waals surface area contributed by atoms with E-state index < -0.39 is 12.1 Å². The Labute approximate surface area is 132 Å². The highest BCUT2D eigenvalue weighted by Crippen LogP contribution is 2.23.